The molecule has 2 aromatic rings. The van der Waals surface area contributed by atoms with Crippen LogP contribution >= 0.6 is 0 Å². The van der Waals surface area contributed by atoms with Gasteiger partial charge in [0.15, 0.2) is 0 Å². The molecule has 0 unspecified atom stereocenters. The molecule has 0 spiro atoms. The summed E-state index contributed by atoms with van der Waals surface area (Å²) in [6, 6.07) is 10.1. The summed E-state index contributed by atoms with van der Waals surface area (Å²) in [7, 11) is 5.67. The van der Waals surface area contributed by atoms with Crippen LogP contribution < -0.4 is 20.3 Å². The first-order valence-electron chi connectivity index (χ1n) is 8.77. The second-order valence-corrected chi connectivity index (χ2v) is 6.32. The van der Waals surface area contributed by atoms with Crippen molar-refractivity contribution in [2.45, 2.75) is 6.42 Å². The lowest BCUT2D eigenvalue weighted by molar-refractivity contribution is -0.858. The minimum Gasteiger partial charge on any atom is -0.497 e. The van der Waals surface area contributed by atoms with Gasteiger partial charge in [-0.2, -0.15) is 0 Å². The third-order valence-corrected chi connectivity index (χ3v) is 3.81. The molecule has 1 heterocycles. The molecule has 0 saturated carbocycles. The lowest BCUT2D eigenvalue weighted by Crippen LogP contribution is -3.05. The molecule has 2 amide bonds. The lowest BCUT2D eigenvalue weighted by atomic mass is 10.2. The molecule has 0 radical (unpaired) electrons. The highest BCUT2D eigenvalue weighted by atomic mass is 16.5. The largest absolute Gasteiger partial charge is 0.497 e. The Morgan fingerprint density at radius 3 is 2.52 bits per heavy atom. The van der Waals surface area contributed by atoms with E-state index in [4.69, 9.17) is 9.15 Å². The van der Waals surface area contributed by atoms with Crippen molar-refractivity contribution in [3.8, 4) is 5.75 Å². The van der Waals surface area contributed by atoms with Gasteiger partial charge in [0.25, 0.3) is 11.8 Å². The summed E-state index contributed by atoms with van der Waals surface area (Å²) < 4.78 is 10.3. The van der Waals surface area contributed by atoms with Gasteiger partial charge in [-0.15, -0.1) is 0 Å². The van der Waals surface area contributed by atoms with Crippen molar-refractivity contribution in [3.63, 3.8) is 0 Å². The number of hydrogen-bond acceptors (Lipinski definition) is 4. The molecule has 3 N–H and O–H groups in total. The van der Waals surface area contributed by atoms with Gasteiger partial charge in [0.05, 0.1) is 34.0 Å². The van der Waals surface area contributed by atoms with Crippen LogP contribution in [0.5, 0.6) is 5.75 Å². The van der Waals surface area contributed by atoms with Crippen molar-refractivity contribution in [1.29, 1.82) is 0 Å². The van der Waals surface area contributed by atoms with E-state index in [2.05, 4.69) is 24.7 Å². The van der Waals surface area contributed by atoms with Crippen LogP contribution in [-0.4, -0.2) is 46.1 Å². The zero-order valence-corrected chi connectivity index (χ0v) is 15.9. The van der Waals surface area contributed by atoms with E-state index in [9.17, 15) is 9.59 Å². The first kappa shape index (κ1) is 20.3. The van der Waals surface area contributed by atoms with Gasteiger partial charge in [0.1, 0.15) is 17.2 Å². The van der Waals surface area contributed by atoms with Crippen LogP contribution in [0.2, 0.25) is 0 Å². The van der Waals surface area contributed by atoms with Crippen LogP contribution in [0, 0.1) is 0 Å². The van der Waals surface area contributed by atoms with Crippen LogP contribution in [-0.2, 0) is 4.79 Å². The number of carbonyl (C=O) groups excluding carboxylic acids is 2. The standard InChI is InChI=1S/C20H25N3O4/c1-23(2)12-5-11-21-20(25)18(14-17-6-4-13-27-17)22-19(24)15-7-9-16(26-3)10-8-15/h4,6-10,13-14H,5,11-12H2,1-3H3,(H,21,25)(H,22,24)/p+1/b18-14+. The average Bonchev–Trinajstić information content (AvgIpc) is 3.17. The van der Waals surface area contributed by atoms with Crippen LogP contribution in [0.1, 0.15) is 22.5 Å². The maximum Gasteiger partial charge on any atom is 0.267 e. The fourth-order valence-corrected chi connectivity index (χ4v) is 2.35. The van der Waals surface area contributed by atoms with Gasteiger partial charge in [-0.05, 0) is 36.4 Å². The summed E-state index contributed by atoms with van der Waals surface area (Å²) in [6.07, 6.45) is 3.86. The summed E-state index contributed by atoms with van der Waals surface area (Å²) in [5.41, 5.74) is 0.549. The van der Waals surface area contributed by atoms with Crippen LogP contribution in [0.4, 0.5) is 0 Å². The van der Waals surface area contributed by atoms with Crippen LogP contribution in [0.3, 0.4) is 0 Å². The molecule has 1 aromatic carbocycles. The zero-order valence-electron chi connectivity index (χ0n) is 15.9. The van der Waals surface area contributed by atoms with Gasteiger partial charge in [-0.25, -0.2) is 0 Å². The number of carbonyl (C=O) groups is 2. The highest BCUT2D eigenvalue weighted by Crippen LogP contribution is 2.12. The summed E-state index contributed by atoms with van der Waals surface area (Å²) in [5.74, 6) is 0.386. The molecule has 2 rings (SSSR count). The van der Waals surface area contributed by atoms with E-state index in [0.29, 0.717) is 23.6 Å². The van der Waals surface area contributed by atoms with Crippen molar-refractivity contribution in [1.82, 2.24) is 10.6 Å². The molecule has 27 heavy (non-hydrogen) atoms. The molecular formula is C20H26N3O4+. The molecule has 7 nitrogen and oxygen atoms in total. The number of hydrogen-bond donors (Lipinski definition) is 3. The fourth-order valence-electron chi connectivity index (χ4n) is 2.35. The number of amides is 2. The van der Waals surface area contributed by atoms with Crippen molar-refractivity contribution >= 4 is 17.9 Å². The summed E-state index contributed by atoms with van der Waals surface area (Å²) in [4.78, 5) is 26.3. The zero-order chi connectivity index (χ0) is 19.6. The predicted octanol–water partition coefficient (Wildman–Crippen LogP) is 0.710. The van der Waals surface area contributed by atoms with E-state index in [0.717, 1.165) is 13.0 Å². The first-order chi connectivity index (χ1) is 13.0. The Morgan fingerprint density at radius 2 is 1.93 bits per heavy atom. The molecule has 144 valence electrons. The molecule has 0 aliphatic rings. The van der Waals surface area contributed by atoms with E-state index >= 15 is 0 Å². The minimum absolute atomic E-state index is 0.128. The van der Waals surface area contributed by atoms with Gasteiger partial charge in [-0.3, -0.25) is 9.59 Å². The summed E-state index contributed by atoms with van der Waals surface area (Å²) >= 11 is 0. The summed E-state index contributed by atoms with van der Waals surface area (Å²) in [6.45, 7) is 1.47. The molecular weight excluding hydrogens is 346 g/mol. The Bertz CT molecular complexity index is 765. The van der Waals surface area contributed by atoms with Gasteiger partial charge in [-0.1, -0.05) is 0 Å². The number of furan rings is 1. The molecule has 0 fully saturated rings. The molecule has 0 bridgehead atoms. The molecule has 7 heteroatoms. The Balaban J connectivity index is 2.07. The van der Waals surface area contributed by atoms with E-state index in [1.807, 2.05) is 0 Å². The number of methoxy groups -OCH3 is 1. The smallest absolute Gasteiger partial charge is 0.267 e. The number of nitrogens with one attached hydrogen (secondary N) is 3. The topological polar surface area (TPSA) is 85.0 Å². The van der Waals surface area contributed by atoms with Crippen molar-refractivity contribution < 1.29 is 23.6 Å². The highest BCUT2D eigenvalue weighted by molar-refractivity contribution is 6.05. The Kier molecular flexibility index (Phi) is 7.63. The van der Waals surface area contributed by atoms with Crippen LogP contribution in [0.25, 0.3) is 6.08 Å². The Hall–Kier alpha value is -3.06. The minimum atomic E-state index is -0.386. The molecule has 0 aliphatic heterocycles. The Morgan fingerprint density at radius 1 is 1.19 bits per heavy atom. The van der Waals surface area contributed by atoms with Crippen molar-refractivity contribution in [2.24, 2.45) is 0 Å². The van der Waals surface area contributed by atoms with E-state index < -0.39 is 0 Å². The summed E-state index contributed by atoms with van der Waals surface area (Å²) in [5, 5.41) is 5.49. The van der Waals surface area contributed by atoms with Crippen molar-refractivity contribution in [2.75, 3.05) is 34.3 Å². The van der Waals surface area contributed by atoms with Gasteiger partial charge in [0, 0.05) is 24.6 Å². The van der Waals surface area contributed by atoms with E-state index in [1.165, 1.54) is 17.2 Å². The van der Waals surface area contributed by atoms with Crippen LogP contribution in [0.15, 0.2) is 52.8 Å². The fraction of sp³-hybridized carbons (Fsp3) is 0.300. The number of rotatable bonds is 9. The maximum absolute atomic E-state index is 12.5. The second-order valence-electron chi connectivity index (χ2n) is 6.32. The van der Waals surface area contributed by atoms with Gasteiger partial charge < -0.3 is 24.7 Å². The lowest BCUT2D eigenvalue weighted by Gasteiger charge is -2.12. The monoisotopic (exact) mass is 372 g/mol. The molecule has 0 aliphatic carbocycles. The Labute approximate surface area is 159 Å². The average molecular weight is 372 g/mol. The second kappa shape index (κ2) is 10.2. The SMILES string of the molecule is COc1ccc(C(=O)N/C(=C/c2ccco2)C(=O)NCCC[NH+](C)C)cc1. The third-order valence-electron chi connectivity index (χ3n) is 3.81. The number of quaternary nitrogens is 1. The highest BCUT2D eigenvalue weighted by Gasteiger charge is 2.15. The molecule has 0 saturated heterocycles. The van der Waals surface area contributed by atoms with Gasteiger partial charge >= 0.3 is 0 Å². The molecule has 1 aromatic heterocycles. The third kappa shape index (κ3) is 6.63. The first-order valence-corrected chi connectivity index (χ1v) is 8.77. The van der Waals surface area contributed by atoms with E-state index in [1.54, 1.807) is 43.5 Å². The predicted molar refractivity (Wildman–Crippen MR) is 102 cm³/mol. The normalized spacial score (nSPS) is 11.3. The maximum atomic E-state index is 12.5. The van der Waals surface area contributed by atoms with Gasteiger partial charge in [0.2, 0.25) is 0 Å². The quantitative estimate of drug-likeness (QED) is 0.447. The molecule has 0 atom stereocenters. The van der Waals surface area contributed by atoms with Crippen molar-refractivity contribution in [3.05, 3.63) is 59.7 Å². The number of ether oxygens (including phenoxy) is 1. The van der Waals surface area contributed by atoms with E-state index in [-0.39, 0.29) is 17.5 Å². The number of benzene rings is 1.